The molecule has 0 radical (unpaired) electrons. The molecule has 0 saturated carbocycles. The SMILES string of the molecule is Cn1ncc2c(-c3ccc(C#N)cc3)c(Cl)ncc21. The number of rotatable bonds is 1. The molecule has 92 valence electrons. The van der Waals surface area contributed by atoms with Crippen molar-refractivity contribution in [1.29, 1.82) is 5.26 Å². The fraction of sp³-hybridized carbons (Fsp3) is 0.0714. The van der Waals surface area contributed by atoms with E-state index in [-0.39, 0.29) is 0 Å². The van der Waals surface area contributed by atoms with Gasteiger partial charge in [-0.1, -0.05) is 23.7 Å². The fourth-order valence-electron chi connectivity index (χ4n) is 2.07. The summed E-state index contributed by atoms with van der Waals surface area (Å²) >= 11 is 6.21. The first-order chi connectivity index (χ1) is 9.20. The maximum Gasteiger partial charge on any atom is 0.137 e. The van der Waals surface area contributed by atoms with Crippen LogP contribution in [0.3, 0.4) is 0 Å². The molecule has 0 saturated heterocycles. The van der Waals surface area contributed by atoms with Crippen LogP contribution in [0.4, 0.5) is 0 Å². The first-order valence-electron chi connectivity index (χ1n) is 5.67. The van der Waals surface area contributed by atoms with E-state index in [2.05, 4.69) is 16.2 Å². The standard InChI is InChI=1S/C14H9ClN4/c1-19-12-8-17-14(15)13(11(12)7-18-19)10-4-2-9(6-16)3-5-10/h2-5,7-8H,1H3. The number of hydrogen-bond acceptors (Lipinski definition) is 3. The number of nitriles is 1. The molecule has 0 aliphatic heterocycles. The normalized spacial score (nSPS) is 10.6. The van der Waals surface area contributed by atoms with Gasteiger partial charge in [0.15, 0.2) is 0 Å². The minimum Gasteiger partial charge on any atom is -0.266 e. The molecule has 4 nitrogen and oxygen atoms in total. The van der Waals surface area contributed by atoms with Crippen LogP contribution in [0.15, 0.2) is 36.7 Å². The number of hydrogen-bond donors (Lipinski definition) is 0. The van der Waals surface area contributed by atoms with Gasteiger partial charge in [0.05, 0.1) is 29.5 Å². The quantitative estimate of drug-likeness (QED) is 0.637. The predicted molar refractivity (Wildman–Crippen MR) is 73.7 cm³/mol. The van der Waals surface area contributed by atoms with Crippen LogP contribution in [0, 0.1) is 11.3 Å². The Balaban J connectivity index is 2.28. The zero-order valence-electron chi connectivity index (χ0n) is 10.1. The number of nitrogens with zero attached hydrogens (tertiary/aromatic N) is 4. The van der Waals surface area contributed by atoms with Gasteiger partial charge in [-0.25, -0.2) is 4.98 Å². The van der Waals surface area contributed by atoms with Crippen LogP contribution in [0.25, 0.3) is 22.0 Å². The smallest absolute Gasteiger partial charge is 0.137 e. The molecule has 0 atom stereocenters. The van der Waals surface area contributed by atoms with Crippen molar-refractivity contribution in [2.75, 3.05) is 0 Å². The average molecular weight is 269 g/mol. The van der Waals surface area contributed by atoms with E-state index < -0.39 is 0 Å². The van der Waals surface area contributed by atoms with Crippen LogP contribution in [-0.4, -0.2) is 14.8 Å². The molecular formula is C14H9ClN4. The van der Waals surface area contributed by atoms with Gasteiger partial charge < -0.3 is 0 Å². The Morgan fingerprint density at radius 3 is 2.63 bits per heavy atom. The summed E-state index contributed by atoms with van der Waals surface area (Å²) in [6.07, 6.45) is 3.48. The van der Waals surface area contributed by atoms with Gasteiger partial charge in [0.2, 0.25) is 0 Å². The Labute approximate surface area is 114 Å². The van der Waals surface area contributed by atoms with Gasteiger partial charge in [-0.2, -0.15) is 10.4 Å². The molecule has 19 heavy (non-hydrogen) atoms. The summed E-state index contributed by atoms with van der Waals surface area (Å²) in [6, 6.07) is 9.36. The van der Waals surface area contributed by atoms with Crippen LogP contribution < -0.4 is 0 Å². The lowest BCUT2D eigenvalue weighted by atomic mass is 10.0. The molecule has 2 heterocycles. The monoisotopic (exact) mass is 268 g/mol. The molecule has 0 amide bonds. The molecule has 1 aromatic carbocycles. The van der Waals surface area contributed by atoms with Crippen LogP contribution in [0.2, 0.25) is 5.15 Å². The molecular weight excluding hydrogens is 260 g/mol. The van der Waals surface area contributed by atoms with Crippen LogP contribution >= 0.6 is 11.6 Å². The Hall–Kier alpha value is -2.38. The lowest BCUT2D eigenvalue weighted by Crippen LogP contribution is -1.91. The molecule has 0 unspecified atom stereocenters. The van der Waals surface area contributed by atoms with E-state index in [0.717, 1.165) is 22.0 Å². The topological polar surface area (TPSA) is 54.5 Å². The van der Waals surface area contributed by atoms with Crippen molar-refractivity contribution >= 4 is 22.5 Å². The summed E-state index contributed by atoms with van der Waals surface area (Å²) in [5.41, 5.74) is 3.31. The van der Waals surface area contributed by atoms with E-state index in [9.17, 15) is 0 Å². The van der Waals surface area contributed by atoms with Gasteiger partial charge in [0.1, 0.15) is 5.15 Å². The Bertz CT molecular complexity index is 797. The second-order valence-corrected chi connectivity index (χ2v) is 4.54. The number of benzene rings is 1. The highest BCUT2D eigenvalue weighted by molar-refractivity contribution is 6.33. The minimum atomic E-state index is 0.435. The van der Waals surface area contributed by atoms with Gasteiger partial charge in [-0.3, -0.25) is 4.68 Å². The van der Waals surface area contributed by atoms with Crippen molar-refractivity contribution in [2.24, 2.45) is 7.05 Å². The third-order valence-electron chi connectivity index (χ3n) is 3.06. The van der Waals surface area contributed by atoms with Crippen LogP contribution in [-0.2, 0) is 7.05 Å². The van der Waals surface area contributed by atoms with E-state index in [0.29, 0.717) is 10.7 Å². The number of pyridine rings is 1. The second-order valence-electron chi connectivity index (χ2n) is 4.18. The number of aryl methyl sites for hydroxylation is 1. The molecule has 2 aromatic heterocycles. The maximum atomic E-state index is 8.83. The summed E-state index contributed by atoms with van der Waals surface area (Å²) in [5.74, 6) is 0. The van der Waals surface area contributed by atoms with Crippen molar-refractivity contribution < 1.29 is 0 Å². The average Bonchev–Trinajstić information content (AvgIpc) is 2.80. The molecule has 0 aliphatic carbocycles. The van der Waals surface area contributed by atoms with E-state index in [1.807, 2.05) is 19.2 Å². The Morgan fingerprint density at radius 1 is 1.21 bits per heavy atom. The largest absolute Gasteiger partial charge is 0.266 e. The number of fused-ring (bicyclic) bond motifs is 1. The van der Waals surface area contributed by atoms with E-state index in [1.165, 1.54) is 0 Å². The van der Waals surface area contributed by atoms with Crippen molar-refractivity contribution in [3.05, 3.63) is 47.4 Å². The van der Waals surface area contributed by atoms with Crippen molar-refractivity contribution in [3.8, 4) is 17.2 Å². The van der Waals surface area contributed by atoms with Gasteiger partial charge in [-0.15, -0.1) is 0 Å². The minimum absolute atomic E-state index is 0.435. The van der Waals surface area contributed by atoms with Crippen LogP contribution in [0.1, 0.15) is 5.56 Å². The van der Waals surface area contributed by atoms with E-state index in [1.54, 1.807) is 29.2 Å². The molecule has 3 rings (SSSR count). The van der Waals surface area contributed by atoms with Crippen molar-refractivity contribution in [2.45, 2.75) is 0 Å². The van der Waals surface area contributed by atoms with Crippen molar-refractivity contribution in [3.63, 3.8) is 0 Å². The lowest BCUT2D eigenvalue weighted by molar-refractivity contribution is 0.795. The highest BCUT2D eigenvalue weighted by atomic mass is 35.5. The summed E-state index contributed by atoms with van der Waals surface area (Å²) in [6.45, 7) is 0. The zero-order valence-corrected chi connectivity index (χ0v) is 10.9. The van der Waals surface area contributed by atoms with Crippen LogP contribution in [0.5, 0.6) is 0 Å². The van der Waals surface area contributed by atoms with Gasteiger partial charge >= 0.3 is 0 Å². The molecule has 3 aromatic rings. The van der Waals surface area contributed by atoms with Gasteiger partial charge in [0.25, 0.3) is 0 Å². The predicted octanol–water partition coefficient (Wildman–Crippen LogP) is 3.16. The molecule has 0 spiro atoms. The maximum absolute atomic E-state index is 8.83. The lowest BCUT2D eigenvalue weighted by Gasteiger charge is -2.06. The third-order valence-corrected chi connectivity index (χ3v) is 3.35. The molecule has 0 fully saturated rings. The molecule has 0 bridgehead atoms. The Morgan fingerprint density at radius 2 is 1.95 bits per heavy atom. The summed E-state index contributed by atoms with van der Waals surface area (Å²) in [7, 11) is 1.86. The fourth-order valence-corrected chi connectivity index (χ4v) is 2.33. The third kappa shape index (κ3) is 1.85. The summed E-state index contributed by atoms with van der Waals surface area (Å²) < 4.78 is 1.76. The number of halogens is 1. The first-order valence-corrected chi connectivity index (χ1v) is 6.05. The van der Waals surface area contributed by atoms with Crippen molar-refractivity contribution in [1.82, 2.24) is 14.8 Å². The summed E-state index contributed by atoms with van der Waals surface area (Å²) in [5, 5.41) is 14.4. The molecule has 0 N–H and O–H groups in total. The zero-order chi connectivity index (χ0) is 13.4. The Kier molecular flexibility index (Phi) is 2.69. The van der Waals surface area contributed by atoms with E-state index >= 15 is 0 Å². The summed E-state index contributed by atoms with van der Waals surface area (Å²) in [4.78, 5) is 4.20. The van der Waals surface area contributed by atoms with Gasteiger partial charge in [0, 0.05) is 18.0 Å². The van der Waals surface area contributed by atoms with E-state index in [4.69, 9.17) is 16.9 Å². The highest BCUT2D eigenvalue weighted by Gasteiger charge is 2.12. The highest BCUT2D eigenvalue weighted by Crippen LogP contribution is 2.33. The first kappa shape index (κ1) is 11.7. The molecule has 5 heteroatoms. The number of aromatic nitrogens is 3. The second kappa shape index (κ2) is 4.38. The molecule has 0 aliphatic rings. The van der Waals surface area contributed by atoms with Gasteiger partial charge in [-0.05, 0) is 17.7 Å².